The first-order chi connectivity index (χ1) is 6.33. The van der Waals surface area contributed by atoms with Gasteiger partial charge in [-0.2, -0.15) is 0 Å². The van der Waals surface area contributed by atoms with Gasteiger partial charge in [-0.15, -0.1) is 0 Å². The molecule has 0 unspecified atom stereocenters. The van der Waals surface area contributed by atoms with E-state index in [1.54, 1.807) is 0 Å². The molecule has 0 amide bonds. The lowest BCUT2D eigenvalue weighted by Crippen LogP contribution is -1.88. The number of benzene rings is 1. The van der Waals surface area contributed by atoms with E-state index in [0.29, 0.717) is 0 Å². The minimum atomic E-state index is 1.07. The summed E-state index contributed by atoms with van der Waals surface area (Å²) >= 11 is 0. The molecule has 1 aromatic heterocycles. The van der Waals surface area contributed by atoms with Crippen LogP contribution in [0.15, 0.2) is 30.5 Å². The van der Waals surface area contributed by atoms with Crippen molar-refractivity contribution in [1.82, 2.24) is 4.98 Å². The molecule has 1 heterocycles. The summed E-state index contributed by atoms with van der Waals surface area (Å²) in [4.78, 5) is 4.35. The van der Waals surface area contributed by atoms with Crippen molar-refractivity contribution >= 4 is 10.9 Å². The molecule has 0 aliphatic rings. The quantitative estimate of drug-likeness (QED) is 0.642. The molecule has 1 heteroatoms. The van der Waals surface area contributed by atoms with E-state index in [1.165, 1.54) is 16.5 Å². The molecule has 0 aliphatic heterocycles. The summed E-state index contributed by atoms with van der Waals surface area (Å²) in [6.45, 7) is 4.32. The molecule has 2 rings (SSSR count). The Morgan fingerprint density at radius 1 is 1.23 bits per heavy atom. The molecule has 0 saturated heterocycles. The Morgan fingerprint density at radius 2 is 2.08 bits per heavy atom. The van der Waals surface area contributed by atoms with E-state index in [0.717, 1.165) is 11.9 Å². The fourth-order valence-corrected chi connectivity index (χ4v) is 1.76. The van der Waals surface area contributed by atoms with Crippen LogP contribution in [0.5, 0.6) is 0 Å². The van der Waals surface area contributed by atoms with Crippen LogP contribution in [-0.4, -0.2) is 4.98 Å². The number of aryl methyl sites for hydroxylation is 2. The van der Waals surface area contributed by atoms with Gasteiger partial charge in [-0.05, 0) is 36.6 Å². The lowest BCUT2D eigenvalue weighted by atomic mass is 10.0. The number of rotatable bonds is 1. The van der Waals surface area contributed by atoms with Crippen LogP contribution in [0.25, 0.3) is 10.9 Å². The summed E-state index contributed by atoms with van der Waals surface area (Å²) in [6.07, 6.45) is 2.95. The average molecular weight is 171 g/mol. The average Bonchev–Trinajstić information content (AvgIpc) is 2.17. The Kier molecular flexibility index (Phi) is 2.01. The molecule has 13 heavy (non-hydrogen) atoms. The van der Waals surface area contributed by atoms with Gasteiger partial charge in [-0.1, -0.05) is 19.1 Å². The van der Waals surface area contributed by atoms with E-state index in [4.69, 9.17) is 0 Å². The minimum absolute atomic E-state index is 1.07. The van der Waals surface area contributed by atoms with Crippen molar-refractivity contribution in [2.24, 2.45) is 0 Å². The molecule has 0 aliphatic carbocycles. The normalized spacial score (nSPS) is 10.6. The molecule has 2 aromatic rings. The highest BCUT2D eigenvalue weighted by atomic mass is 14.6. The predicted molar refractivity (Wildman–Crippen MR) is 55.9 cm³/mol. The number of fused-ring (bicyclic) bond motifs is 1. The molecule has 0 fully saturated rings. The lowest BCUT2D eigenvalue weighted by molar-refractivity contribution is 1.15. The molecule has 0 N–H and O–H groups in total. The summed E-state index contributed by atoms with van der Waals surface area (Å²) < 4.78 is 0. The van der Waals surface area contributed by atoms with Gasteiger partial charge >= 0.3 is 0 Å². The third-order valence-corrected chi connectivity index (χ3v) is 2.44. The van der Waals surface area contributed by atoms with Crippen molar-refractivity contribution < 1.29 is 0 Å². The molecule has 1 aromatic carbocycles. The predicted octanol–water partition coefficient (Wildman–Crippen LogP) is 3.11. The van der Waals surface area contributed by atoms with Gasteiger partial charge in [0, 0.05) is 11.6 Å². The second-order valence-electron chi connectivity index (χ2n) is 3.29. The van der Waals surface area contributed by atoms with Gasteiger partial charge < -0.3 is 0 Å². The summed E-state index contributed by atoms with van der Waals surface area (Å²) in [5, 5.41) is 1.33. The van der Waals surface area contributed by atoms with Gasteiger partial charge in [0.1, 0.15) is 0 Å². The second-order valence-corrected chi connectivity index (χ2v) is 3.29. The van der Waals surface area contributed by atoms with Gasteiger partial charge in [-0.25, -0.2) is 0 Å². The molecular weight excluding hydrogens is 158 g/mol. The van der Waals surface area contributed by atoms with Gasteiger partial charge in [0.05, 0.1) is 5.52 Å². The van der Waals surface area contributed by atoms with Crippen LogP contribution in [0.2, 0.25) is 0 Å². The number of hydrogen-bond donors (Lipinski definition) is 0. The standard InChI is InChI=1S/C12H13N/c1-3-10-5-4-6-11-12(10)9(2)7-8-13-11/h4-8H,3H2,1-2H3. The molecule has 0 spiro atoms. The number of pyridine rings is 1. The Hall–Kier alpha value is -1.37. The van der Waals surface area contributed by atoms with Crippen molar-refractivity contribution in [1.29, 1.82) is 0 Å². The fourth-order valence-electron chi connectivity index (χ4n) is 1.76. The minimum Gasteiger partial charge on any atom is -0.256 e. The van der Waals surface area contributed by atoms with Gasteiger partial charge in [0.15, 0.2) is 0 Å². The highest BCUT2D eigenvalue weighted by molar-refractivity contribution is 5.85. The van der Waals surface area contributed by atoms with Crippen LogP contribution < -0.4 is 0 Å². The summed E-state index contributed by atoms with van der Waals surface area (Å²) in [6, 6.07) is 8.40. The van der Waals surface area contributed by atoms with Crippen molar-refractivity contribution in [3.63, 3.8) is 0 Å². The number of nitrogens with zero attached hydrogens (tertiary/aromatic N) is 1. The van der Waals surface area contributed by atoms with E-state index in [-0.39, 0.29) is 0 Å². The second kappa shape index (κ2) is 3.17. The van der Waals surface area contributed by atoms with Gasteiger partial charge in [0.2, 0.25) is 0 Å². The SMILES string of the molecule is CCc1cccc2nccc(C)c12. The largest absolute Gasteiger partial charge is 0.256 e. The van der Waals surface area contributed by atoms with E-state index in [2.05, 4.69) is 43.1 Å². The molecule has 0 radical (unpaired) electrons. The van der Waals surface area contributed by atoms with Crippen LogP contribution >= 0.6 is 0 Å². The van der Waals surface area contributed by atoms with Crippen molar-refractivity contribution in [3.8, 4) is 0 Å². The number of hydrogen-bond acceptors (Lipinski definition) is 1. The highest BCUT2D eigenvalue weighted by Crippen LogP contribution is 2.20. The molecule has 0 bridgehead atoms. The fraction of sp³-hybridized carbons (Fsp3) is 0.250. The third kappa shape index (κ3) is 1.31. The summed E-state index contributed by atoms with van der Waals surface area (Å²) in [5.74, 6) is 0. The first-order valence-electron chi connectivity index (χ1n) is 4.66. The van der Waals surface area contributed by atoms with Gasteiger partial charge in [0.25, 0.3) is 0 Å². The van der Waals surface area contributed by atoms with Crippen molar-refractivity contribution in [2.75, 3.05) is 0 Å². The van der Waals surface area contributed by atoms with Crippen molar-refractivity contribution in [3.05, 3.63) is 41.6 Å². The van der Waals surface area contributed by atoms with Crippen LogP contribution in [0.4, 0.5) is 0 Å². The first-order valence-corrected chi connectivity index (χ1v) is 4.66. The molecule has 1 nitrogen and oxygen atoms in total. The lowest BCUT2D eigenvalue weighted by Gasteiger charge is -2.05. The maximum Gasteiger partial charge on any atom is 0.0707 e. The summed E-state index contributed by atoms with van der Waals surface area (Å²) in [7, 11) is 0. The van der Waals surface area contributed by atoms with Crippen LogP contribution in [-0.2, 0) is 6.42 Å². The Labute approximate surface area is 78.4 Å². The van der Waals surface area contributed by atoms with Crippen LogP contribution in [0, 0.1) is 6.92 Å². The zero-order valence-electron chi connectivity index (χ0n) is 8.04. The topological polar surface area (TPSA) is 12.9 Å². The molecule has 0 atom stereocenters. The Balaban J connectivity index is 2.87. The summed E-state index contributed by atoms with van der Waals surface area (Å²) in [5.41, 5.74) is 3.82. The molecule has 66 valence electrons. The van der Waals surface area contributed by atoms with Crippen LogP contribution in [0.1, 0.15) is 18.1 Å². The molecular formula is C12H13N. The maximum absolute atomic E-state index is 4.35. The van der Waals surface area contributed by atoms with Crippen LogP contribution in [0.3, 0.4) is 0 Å². The first kappa shape index (κ1) is 8.24. The smallest absolute Gasteiger partial charge is 0.0707 e. The Morgan fingerprint density at radius 3 is 2.85 bits per heavy atom. The van der Waals surface area contributed by atoms with E-state index >= 15 is 0 Å². The number of aromatic nitrogens is 1. The maximum atomic E-state index is 4.35. The van der Waals surface area contributed by atoms with Gasteiger partial charge in [-0.3, -0.25) is 4.98 Å². The zero-order valence-corrected chi connectivity index (χ0v) is 8.04. The van der Waals surface area contributed by atoms with E-state index in [1.807, 2.05) is 6.20 Å². The van der Waals surface area contributed by atoms with E-state index < -0.39 is 0 Å². The monoisotopic (exact) mass is 171 g/mol. The highest BCUT2D eigenvalue weighted by Gasteiger charge is 2.01. The third-order valence-electron chi connectivity index (χ3n) is 2.44. The molecule has 0 saturated carbocycles. The zero-order chi connectivity index (χ0) is 9.26. The Bertz CT molecular complexity index is 427. The van der Waals surface area contributed by atoms with Crippen molar-refractivity contribution in [2.45, 2.75) is 20.3 Å². The van der Waals surface area contributed by atoms with E-state index in [9.17, 15) is 0 Å².